The lowest BCUT2D eigenvalue weighted by Crippen LogP contribution is -2.16. The Morgan fingerprint density at radius 2 is 2.29 bits per heavy atom. The molecule has 6 heteroatoms. The molecule has 1 aliphatic rings. The summed E-state index contributed by atoms with van der Waals surface area (Å²) in [6, 6.07) is -0.0191. The van der Waals surface area contributed by atoms with Crippen LogP contribution in [0.4, 0.5) is 0 Å². The van der Waals surface area contributed by atoms with Crippen molar-refractivity contribution < 1.29 is 8.42 Å². The molecule has 17 heavy (non-hydrogen) atoms. The van der Waals surface area contributed by atoms with Gasteiger partial charge in [0.25, 0.3) is 0 Å². The molecule has 96 valence electrons. The number of hydrogen-bond donors (Lipinski definition) is 0. The van der Waals surface area contributed by atoms with E-state index in [0.717, 1.165) is 11.3 Å². The molecule has 1 aromatic rings. The van der Waals surface area contributed by atoms with Gasteiger partial charge in [0.15, 0.2) is 9.84 Å². The first-order valence-corrected chi connectivity index (χ1v) is 8.13. The summed E-state index contributed by atoms with van der Waals surface area (Å²) in [7, 11) is -2.88. The molecule has 1 aromatic heterocycles. The SMILES string of the molecule is CC(C)c1c(CCl)cnn1C1CCS(=O)(=O)C1. The van der Waals surface area contributed by atoms with Crippen molar-refractivity contribution in [2.45, 2.75) is 38.1 Å². The summed E-state index contributed by atoms with van der Waals surface area (Å²) in [5.74, 6) is 1.20. The maximum Gasteiger partial charge on any atom is 0.152 e. The molecule has 0 saturated carbocycles. The molecule has 0 aromatic carbocycles. The Kier molecular flexibility index (Phi) is 3.50. The zero-order valence-corrected chi connectivity index (χ0v) is 11.6. The third-order valence-electron chi connectivity index (χ3n) is 3.16. The summed E-state index contributed by atoms with van der Waals surface area (Å²) in [5.41, 5.74) is 2.08. The van der Waals surface area contributed by atoms with Gasteiger partial charge in [0, 0.05) is 11.3 Å². The number of sulfone groups is 1. The monoisotopic (exact) mass is 276 g/mol. The molecule has 0 bridgehead atoms. The molecule has 1 fully saturated rings. The third kappa shape index (κ3) is 2.50. The minimum absolute atomic E-state index is 0.0191. The Hall–Kier alpha value is -0.550. The quantitative estimate of drug-likeness (QED) is 0.795. The van der Waals surface area contributed by atoms with Gasteiger partial charge in [-0.1, -0.05) is 13.8 Å². The molecule has 1 atom stereocenters. The van der Waals surface area contributed by atoms with Crippen molar-refractivity contribution in [2.24, 2.45) is 0 Å². The predicted molar refractivity (Wildman–Crippen MR) is 68.2 cm³/mol. The first-order chi connectivity index (χ1) is 7.94. The highest BCUT2D eigenvalue weighted by Crippen LogP contribution is 2.29. The molecular formula is C11H17ClN2O2S. The van der Waals surface area contributed by atoms with Crippen LogP contribution in [0.25, 0.3) is 0 Å². The van der Waals surface area contributed by atoms with E-state index in [2.05, 4.69) is 18.9 Å². The number of halogens is 1. The van der Waals surface area contributed by atoms with Crippen molar-refractivity contribution >= 4 is 21.4 Å². The minimum atomic E-state index is -2.88. The van der Waals surface area contributed by atoms with Crippen molar-refractivity contribution in [1.82, 2.24) is 9.78 Å². The van der Waals surface area contributed by atoms with Gasteiger partial charge in [-0.3, -0.25) is 4.68 Å². The van der Waals surface area contributed by atoms with Crippen molar-refractivity contribution in [1.29, 1.82) is 0 Å². The van der Waals surface area contributed by atoms with E-state index < -0.39 is 9.84 Å². The van der Waals surface area contributed by atoms with E-state index in [1.165, 1.54) is 0 Å². The molecule has 0 radical (unpaired) electrons. The molecule has 0 spiro atoms. The van der Waals surface area contributed by atoms with Crippen LogP contribution in [0.5, 0.6) is 0 Å². The summed E-state index contributed by atoms with van der Waals surface area (Å²) in [4.78, 5) is 0. The van der Waals surface area contributed by atoms with Crippen LogP contribution < -0.4 is 0 Å². The van der Waals surface area contributed by atoms with Crippen molar-refractivity contribution in [2.75, 3.05) is 11.5 Å². The largest absolute Gasteiger partial charge is 0.265 e. The fourth-order valence-corrected chi connectivity index (χ4v) is 4.30. The minimum Gasteiger partial charge on any atom is -0.265 e. The summed E-state index contributed by atoms with van der Waals surface area (Å²) in [6.45, 7) is 4.15. The zero-order chi connectivity index (χ0) is 12.6. The second-order valence-corrected chi connectivity index (χ2v) is 7.34. The molecule has 0 aliphatic carbocycles. The van der Waals surface area contributed by atoms with E-state index in [-0.39, 0.29) is 17.5 Å². The van der Waals surface area contributed by atoms with Crippen LogP contribution in [0.3, 0.4) is 0 Å². The first-order valence-electron chi connectivity index (χ1n) is 5.77. The number of hydrogen-bond acceptors (Lipinski definition) is 3. The van der Waals surface area contributed by atoms with E-state index in [1.807, 2.05) is 4.68 Å². The predicted octanol–water partition coefficient (Wildman–Crippen LogP) is 2.10. The smallest absolute Gasteiger partial charge is 0.152 e. The van der Waals surface area contributed by atoms with Crippen LogP contribution in [-0.2, 0) is 15.7 Å². The van der Waals surface area contributed by atoms with Gasteiger partial charge in [-0.05, 0) is 12.3 Å². The van der Waals surface area contributed by atoms with E-state index in [0.29, 0.717) is 18.2 Å². The van der Waals surface area contributed by atoms with Crippen LogP contribution in [0.2, 0.25) is 0 Å². The van der Waals surface area contributed by atoms with E-state index in [9.17, 15) is 8.42 Å². The maximum atomic E-state index is 11.5. The second-order valence-electron chi connectivity index (χ2n) is 4.84. The first kappa shape index (κ1) is 12.9. The molecule has 1 unspecified atom stereocenters. The van der Waals surface area contributed by atoms with Gasteiger partial charge in [-0.25, -0.2) is 8.42 Å². The Labute approximate surface area is 107 Å². The fourth-order valence-electron chi connectivity index (χ4n) is 2.40. The van der Waals surface area contributed by atoms with Gasteiger partial charge < -0.3 is 0 Å². The molecule has 0 amide bonds. The van der Waals surface area contributed by atoms with Gasteiger partial charge >= 0.3 is 0 Å². The van der Waals surface area contributed by atoms with Gasteiger partial charge in [0.1, 0.15) is 0 Å². The second kappa shape index (κ2) is 4.61. The fraction of sp³-hybridized carbons (Fsp3) is 0.727. The molecular weight excluding hydrogens is 260 g/mol. The van der Waals surface area contributed by atoms with Gasteiger partial charge in [-0.2, -0.15) is 5.10 Å². The number of nitrogens with zero attached hydrogens (tertiary/aromatic N) is 2. The average molecular weight is 277 g/mol. The number of aromatic nitrogens is 2. The van der Waals surface area contributed by atoms with Crippen LogP contribution in [0, 0.1) is 0 Å². The molecule has 4 nitrogen and oxygen atoms in total. The lowest BCUT2D eigenvalue weighted by Gasteiger charge is -2.16. The van der Waals surface area contributed by atoms with Gasteiger partial charge in [-0.15, -0.1) is 11.6 Å². The lowest BCUT2D eigenvalue weighted by molar-refractivity contribution is 0.470. The lowest BCUT2D eigenvalue weighted by atomic mass is 10.1. The highest BCUT2D eigenvalue weighted by atomic mass is 35.5. The molecule has 1 aliphatic heterocycles. The summed E-state index contributed by atoms with van der Waals surface area (Å²) in [6.07, 6.45) is 2.42. The Morgan fingerprint density at radius 1 is 1.59 bits per heavy atom. The normalized spacial score (nSPS) is 23.4. The van der Waals surface area contributed by atoms with E-state index in [4.69, 9.17) is 11.6 Å². The molecule has 0 N–H and O–H groups in total. The van der Waals surface area contributed by atoms with E-state index >= 15 is 0 Å². The Bertz CT molecular complexity index is 508. The summed E-state index contributed by atoms with van der Waals surface area (Å²) in [5, 5.41) is 4.32. The van der Waals surface area contributed by atoms with Crippen molar-refractivity contribution in [3.8, 4) is 0 Å². The molecule has 2 heterocycles. The van der Waals surface area contributed by atoms with Crippen LogP contribution >= 0.6 is 11.6 Å². The van der Waals surface area contributed by atoms with Crippen molar-refractivity contribution in [3.05, 3.63) is 17.5 Å². The van der Waals surface area contributed by atoms with Gasteiger partial charge in [0.05, 0.1) is 29.6 Å². The Balaban J connectivity index is 2.36. The van der Waals surface area contributed by atoms with Crippen LogP contribution in [-0.4, -0.2) is 29.7 Å². The number of alkyl halides is 1. The maximum absolute atomic E-state index is 11.5. The van der Waals surface area contributed by atoms with Crippen LogP contribution in [0.1, 0.15) is 43.5 Å². The standard InChI is InChI=1S/C11H17ClN2O2S/c1-8(2)11-9(5-12)6-13-14(11)10-3-4-17(15,16)7-10/h6,8,10H,3-5,7H2,1-2H3. The molecule has 2 rings (SSSR count). The highest BCUT2D eigenvalue weighted by Gasteiger charge is 2.31. The van der Waals surface area contributed by atoms with Crippen molar-refractivity contribution in [3.63, 3.8) is 0 Å². The third-order valence-corrected chi connectivity index (χ3v) is 5.20. The number of rotatable bonds is 3. The molecule has 1 saturated heterocycles. The van der Waals surface area contributed by atoms with Gasteiger partial charge in [0.2, 0.25) is 0 Å². The topological polar surface area (TPSA) is 52.0 Å². The summed E-state index contributed by atoms with van der Waals surface area (Å²) >= 11 is 5.88. The van der Waals surface area contributed by atoms with E-state index in [1.54, 1.807) is 6.20 Å². The highest BCUT2D eigenvalue weighted by molar-refractivity contribution is 7.91. The zero-order valence-electron chi connectivity index (χ0n) is 10.1. The summed E-state index contributed by atoms with van der Waals surface area (Å²) < 4.78 is 24.9. The average Bonchev–Trinajstić information content (AvgIpc) is 2.80. The Morgan fingerprint density at radius 3 is 2.76 bits per heavy atom. The van der Waals surface area contributed by atoms with Crippen LogP contribution in [0.15, 0.2) is 6.20 Å².